The molecule has 106 valence electrons. The molecule has 2 aromatic rings. The molecule has 0 fully saturated rings. The molecule has 0 aliphatic heterocycles. The Morgan fingerprint density at radius 1 is 1.25 bits per heavy atom. The number of rotatable bonds is 3. The van der Waals surface area contributed by atoms with Crippen molar-refractivity contribution in [2.24, 2.45) is 7.05 Å². The molecule has 0 bridgehead atoms. The van der Waals surface area contributed by atoms with Crippen LogP contribution in [0.5, 0.6) is 0 Å². The maximum atomic E-state index is 12.0. The molecule has 1 N–H and O–H groups in total. The summed E-state index contributed by atoms with van der Waals surface area (Å²) in [7, 11) is 1.86. The molecule has 1 aromatic heterocycles. The van der Waals surface area contributed by atoms with Gasteiger partial charge in [-0.3, -0.25) is 9.48 Å². The summed E-state index contributed by atoms with van der Waals surface area (Å²) >= 11 is 0. The fraction of sp³-hybridized carbons (Fsp3) is 0.375. The summed E-state index contributed by atoms with van der Waals surface area (Å²) in [5, 5.41) is 7.18. The van der Waals surface area contributed by atoms with Gasteiger partial charge in [-0.05, 0) is 45.4 Å². The Bertz CT molecular complexity index is 641. The van der Waals surface area contributed by atoms with Crippen LogP contribution in [0.25, 0.3) is 11.3 Å². The second-order valence-corrected chi connectivity index (χ2v) is 5.48. The van der Waals surface area contributed by atoms with E-state index in [2.05, 4.69) is 42.5 Å². The van der Waals surface area contributed by atoms with Crippen LogP contribution in [0.1, 0.15) is 35.5 Å². The van der Waals surface area contributed by atoms with Gasteiger partial charge in [-0.2, -0.15) is 5.10 Å². The summed E-state index contributed by atoms with van der Waals surface area (Å²) < 4.78 is 1.76. The molecule has 0 aliphatic carbocycles. The van der Waals surface area contributed by atoms with Gasteiger partial charge in [0, 0.05) is 18.7 Å². The third-order valence-electron chi connectivity index (χ3n) is 3.20. The van der Waals surface area contributed by atoms with Crippen molar-refractivity contribution in [2.75, 3.05) is 0 Å². The summed E-state index contributed by atoms with van der Waals surface area (Å²) in [6, 6.07) is 8.25. The molecule has 0 spiro atoms. The number of nitrogens with one attached hydrogen (secondary N) is 1. The average Bonchev–Trinajstić information content (AvgIpc) is 2.74. The molecule has 1 heterocycles. The fourth-order valence-corrected chi connectivity index (χ4v) is 2.18. The number of carbonyl (C=O) groups excluding carboxylic acids is 1. The monoisotopic (exact) mass is 271 g/mol. The third kappa shape index (κ3) is 2.90. The summed E-state index contributed by atoms with van der Waals surface area (Å²) in [4.78, 5) is 12.0. The van der Waals surface area contributed by atoms with E-state index in [1.165, 1.54) is 11.1 Å². The van der Waals surface area contributed by atoms with Crippen molar-refractivity contribution in [1.82, 2.24) is 15.1 Å². The van der Waals surface area contributed by atoms with Crippen LogP contribution in [-0.2, 0) is 7.05 Å². The Kier molecular flexibility index (Phi) is 3.93. The minimum atomic E-state index is -0.132. The predicted octanol–water partition coefficient (Wildman–Crippen LogP) is 2.84. The molecule has 0 atom stereocenters. The van der Waals surface area contributed by atoms with Gasteiger partial charge in [-0.1, -0.05) is 17.7 Å². The standard InChI is InChI=1S/C16H21N3O/c1-10(2)17-16(20)14-9-15(19(5)18-14)13-8-11(3)6-7-12(13)4/h6-10H,1-5H3,(H,17,20). The molecular weight excluding hydrogens is 250 g/mol. The molecule has 0 unspecified atom stereocenters. The van der Waals surface area contributed by atoms with Crippen LogP contribution in [0.15, 0.2) is 24.3 Å². The van der Waals surface area contributed by atoms with Gasteiger partial charge in [0.2, 0.25) is 0 Å². The fourth-order valence-electron chi connectivity index (χ4n) is 2.18. The Morgan fingerprint density at radius 3 is 2.60 bits per heavy atom. The van der Waals surface area contributed by atoms with E-state index in [1.54, 1.807) is 4.68 Å². The van der Waals surface area contributed by atoms with E-state index in [-0.39, 0.29) is 11.9 Å². The SMILES string of the molecule is Cc1ccc(C)c(-c2cc(C(=O)NC(C)C)nn2C)c1. The van der Waals surface area contributed by atoms with E-state index in [0.717, 1.165) is 11.3 Å². The number of amides is 1. The van der Waals surface area contributed by atoms with Gasteiger partial charge in [0.05, 0.1) is 5.69 Å². The van der Waals surface area contributed by atoms with Crippen LogP contribution < -0.4 is 5.32 Å². The Hall–Kier alpha value is -2.10. The van der Waals surface area contributed by atoms with Gasteiger partial charge in [-0.25, -0.2) is 0 Å². The van der Waals surface area contributed by atoms with Gasteiger partial charge in [0.15, 0.2) is 5.69 Å². The molecule has 0 saturated carbocycles. The zero-order chi connectivity index (χ0) is 14.9. The molecule has 0 radical (unpaired) electrons. The van der Waals surface area contributed by atoms with Gasteiger partial charge in [0.1, 0.15) is 0 Å². The number of hydrogen-bond acceptors (Lipinski definition) is 2. The molecule has 20 heavy (non-hydrogen) atoms. The first-order valence-corrected chi connectivity index (χ1v) is 6.81. The third-order valence-corrected chi connectivity index (χ3v) is 3.20. The highest BCUT2D eigenvalue weighted by Crippen LogP contribution is 2.24. The maximum absolute atomic E-state index is 12.0. The van der Waals surface area contributed by atoms with Crippen molar-refractivity contribution in [3.8, 4) is 11.3 Å². The number of hydrogen-bond donors (Lipinski definition) is 1. The smallest absolute Gasteiger partial charge is 0.271 e. The molecule has 4 heteroatoms. The van der Waals surface area contributed by atoms with E-state index < -0.39 is 0 Å². The van der Waals surface area contributed by atoms with Crippen LogP contribution in [0.2, 0.25) is 0 Å². The number of aromatic nitrogens is 2. The number of carbonyl (C=O) groups is 1. The first kappa shape index (κ1) is 14.3. The summed E-state index contributed by atoms with van der Waals surface area (Å²) in [5.74, 6) is -0.132. The summed E-state index contributed by atoms with van der Waals surface area (Å²) in [6.07, 6.45) is 0. The first-order valence-electron chi connectivity index (χ1n) is 6.81. The number of benzene rings is 1. The second kappa shape index (κ2) is 5.49. The van der Waals surface area contributed by atoms with Crippen LogP contribution >= 0.6 is 0 Å². The lowest BCUT2D eigenvalue weighted by Gasteiger charge is -2.07. The molecule has 1 amide bonds. The van der Waals surface area contributed by atoms with E-state index in [1.807, 2.05) is 27.0 Å². The van der Waals surface area contributed by atoms with Gasteiger partial charge in [-0.15, -0.1) is 0 Å². The van der Waals surface area contributed by atoms with E-state index >= 15 is 0 Å². The molecule has 0 aliphatic rings. The lowest BCUT2D eigenvalue weighted by atomic mass is 10.0. The van der Waals surface area contributed by atoms with Crippen molar-refractivity contribution >= 4 is 5.91 Å². The molecule has 0 saturated heterocycles. The average molecular weight is 271 g/mol. The zero-order valence-electron chi connectivity index (χ0n) is 12.7. The topological polar surface area (TPSA) is 46.9 Å². The zero-order valence-corrected chi connectivity index (χ0v) is 12.7. The summed E-state index contributed by atoms with van der Waals surface area (Å²) in [5.41, 5.74) is 4.90. The van der Waals surface area contributed by atoms with Crippen molar-refractivity contribution in [3.63, 3.8) is 0 Å². The number of aryl methyl sites for hydroxylation is 3. The lowest BCUT2D eigenvalue weighted by molar-refractivity contribution is 0.0937. The van der Waals surface area contributed by atoms with Crippen LogP contribution in [0.3, 0.4) is 0 Å². The van der Waals surface area contributed by atoms with E-state index in [9.17, 15) is 4.79 Å². The largest absolute Gasteiger partial charge is 0.348 e. The normalized spacial score (nSPS) is 10.9. The number of nitrogens with zero attached hydrogens (tertiary/aromatic N) is 2. The van der Waals surface area contributed by atoms with Crippen molar-refractivity contribution in [3.05, 3.63) is 41.1 Å². The molecule has 1 aromatic carbocycles. The Labute approximate surface area is 119 Å². The maximum Gasteiger partial charge on any atom is 0.271 e. The van der Waals surface area contributed by atoms with Crippen molar-refractivity contribution in [1.29, 1.82) is 0 Å². The minimum absolute atomic E-state index is 0.105. The van der Waals surface area contributed by atoms with E-state index in [4.69, 9.17) is 0 Å². The van der Waals surface area contributed by atoms with Gasteiger partial charge < -0.3 is 5.32 Å². The van der Waals surface area contributed by atoms with Gasteiger partial charge in [0.25, 0.3) is 5.91 Å². The highest BCUT2D eigenvalue weighted by Gasteiger charge is 2.15. The summed E-state index contributed by atoms with van der Waals surface area (Å²) in [6.45, 7) is 8.00. The Balaban J connectivity index is 2.41. The second-order valence-electron chi connectivity index (χ2n) is 5.48. The van der Waals surface area contributed by atoms with Crippen LogP contribution in [-0.4, -0.2) is 21.7 Å². The van der Waals surface area contributed by atoms with Crippen LogP contribution in [0.4, 0.5) is 0 Å². The molecular formula is C16H21N3O. The quantitative estimate of drug-likeness (QED) is 0.933. The van der Waals surface area contributed by atoms with E-state index in [0.29, 0.717) is 5.69 Å². The first-order chi connectivity index (χ1) is 9.38. The van der Waals surface area contributed by atoms with Crippen molar-refractivity contribution < 1.29 is 4.79 Å². The van der Waals surface area contributed by atoms with Crippen LogP contribution in [0, 0.1) is 13.8 Å². The highest BCUT2D eigenvalue weighted by molar-refractivity contribution is 5.93. The Morgan fingerprint density at radius 2 is 1.95 bits per heavy atom. The predicted molar refractivity (Wildman–Crippen MR) is 80.7 cm³/mol. The molecule has 2 rings (SSSR count). The highest BCUT2D eigenvalue weighted by atomic mass is 16.2. The minimum Gasteiger partial charge on any atom is -0.348 e. The lowest BCUT2D eigenvalue weighted by Crippen LogP contribution is -2.30. The van der Waals surface area contributed by atoms with Crippen molar-refractivity contribution in [2.45, 2.75) is 33.7 Å². The van der Waals surface area contributed by atoms with Gasteiger partial charge >= 0.3 is 0 Å². The molecule has 4 nitrogen and oxygen atoms in total.